The van der Waals surface area contributed by atoms with E-state index in [9.17, 15) is 19.1 Å². The summed E-state index contributed by atoms with van der Waals surface area (Å²) in [5, 5.41) is 13.5. The number of hydrogen-bond donors (Lipinski definition) is 2. The van der Waals surface area contributed by atoms with Gasteiger partial charge in [-0.25, -0.2) is 9.18 Å². The number of hydrogen-bond acceptors (Lipinski definition) is 3. The monoisotopic (exact) mass is 510 g/mol. The van der Waals surface area contributed by atoms with Gasteiger partial charge in [-0.15, -0.1) is 0 Å². The molecule has 2 atom stereocenters. The Bertz CT molecular complexity index is 1280. The molecule has 7 heteroatoms. The molecule has 1 amide bonds. The van der Waals surface area contributed by atoms with Gasteiger partial charge < -0.3 is 15.3 Å². The number of nitrogens with one attached hydrogen (secondary N) is 1. The van der Waals surface area contributed by atoms with E-state index < -0.39 is 12.0 Å². The smallest absolute Gasteiger partial charge is 0.326 e. The molecule has 0 spiro atoms. The van der Waals surface area contributed by atoms with Gasteiger partial charge in [-0.1, -0.05) is 42.8 Å². The van der Waals surface area contributed by atoms with Crippen molar-refractivity contribution in [1.82, 2.24) is 4.90 Å². The van der Waals surface area contributed by atoms with Crippen LogP contribution in [0.15, 0.2) is 48.5 Å². The molecule has 190 valence electrons. The Labute approximate surface area is 216 Å². The minimum Gasteiger partial charge on any atom is -0.480 e. The van der Waals surface area contributed by atoms with Gasteiger partial charge in [-0.05, 0) is 86.2 Å². The third-order valence-corrected chi connectivity index (χ3v) is 7.04. The van der Waals surface area contributed by atoms with Crippen molar-refractivity contribution in [1.29, 1.82) is 0 Å². The summed E-state index contributed by atoms with van der Waals surface area (Å²) in [6.45, 7) is 9.06. The van der Waals surface area contributed by atoms with E-state index in [0.717, 1.165) is 23.2 Å². The standard InChI is InChI=1S/C29H32ClFN2O3/c1-7-26(20-8-10-24(30)16(2)12-20)32-22-9-11-25(31)23(15-22)21-13-17(3)27(18(4)14-21)28(34)33(6)19(5)29(35)36/h8-15,19,26,32H,7H2,1-6H3,(H,35,36). The molecule has 3 aromatic carbocycles. The number of carboxylic acid groups (broad SMARTS) is 1. The van der Waals surface area contributed by atoms with Crippen LogP contribution in [0.3, 0.4) is 0 Å². The van der Waals surface area contributed by atoms with Crippen LogP contribution in [0.5, 0.6) is 0 Å². The lowest BCUT2D eigenvalue weighted by molar-refractivity contribution is -0.141. The summed E-state index contributed by atoms with van der Waals surface area (Å²) in [6, 6.07) is 13.4. The lowest BCUT2D eigenvalue weighted by atomic mass is 9.94. The van der Waals surface area contributed by atoms with Crippen molar-refractivity contribution in [2.45, 2.75) is 53.1 Å². The van der Waals surface area contributed by atoms with Crippen LogP contribution in [0.25, 0.3) is 11.1 Å². The van der Waals surface area contributed by atoms with Crippen LogP contribution in [0.1, 0.15) is 58.9 Å². The van der Waals surface area contributed by atoms with E-state index in [2.05, 4.69) is 18.3 Å². The fourth-order valence-corrected chi connectivity index (χ4v) is 4.44. The molecule has 0 saturated carbocycles. The maximum Gasteiger partial charge on any atom is 0.326 e. The second kappa shape index (κ2) is 11.1. The second-order valence-corrected chi connectivity index (χ2v) is 9.63. The topological polar surface area (TPSA) is 69.6 Å². The predicted octanol–water partition coefficient (Wildman–Crippen LogP) is 7.18. The summed E-state index contributed by atoms with van der Waals surface area (Å²) in [4.78, 5) is 25.5. The van der Waals surface area contributed by atoms with Crippen LogP contribution in [0.2, 0.25) is 5.02 Å². The molecule has 36 heavy (non-hydrogen) atoms. The summed E-state index contributed by atoms with van der Waals surface area (Å²) >= 11 is 6.19. The van der Waals surface area contributed by atoms with Crippen molar-refractivity contribution < 1.29 is 19.1 Å². The maximum atomic E-state index is 15.0. The molecular formula is C29H32ClFN2O3. The van der Waals surface area contributed by atoms with Crippen LogP contribution in [-0.2, 0) is 4.79 Å². The largest absolute Gasteiger partial charge is 0.480 e. The van der Waals surface area contributed by atoms with Crippen molar-refractivity contribution in [2.75, 3.05) is 12.4 Å². The zero-order valence-electron chi connectivity index (χ0n) is 21.4. The van der Waals surface area contributed by atoms with Crippen LogP contribution >= 0.6 is 11.6 Å². The highest BCUT2D eigenvalue weighted by Gasteiger charge is 2.25. The lowest BCUT2D eigenvalue weighted by Gasteiger charge is -2.24. The van der Waals surface area contributed by atoms with Gasteiger partial charge >= 0.3 is 5.97 Å². The SMILES string of the molecule is CCC(Nc1ccc(F)c(-c2cc(C)c(C(=O)N(C)C(C)C(=O)O)c(C)c2)c1)c1ccc(Cl)c(C)c1. The molecule has 0 aromatic heterocycles. The minimum absolute atomic E-state index is 0.0227. The molecule has 0 radical (unpaired) electrons. The third kappa shape index (κ3) is 5.71. The zero-order chi connectivity index (χ0) is 26.7. The minimum atomic E-state index is -1.08. The Morgan fingerprint density at radius 3 is 2.22 bits per heavy atom. The number of benzene rings is 3. The Hall–Kier alpha value is -3.38. The van der Waals surface area contributed by atoms with E-state index in [0.29, 0.717) is 32.8 Å². The molecule has 0 heterocycles. The molecule has 5 nitrogen and oxygen atoms in total. The van der Waals surface area contributed by atoms with E-state index in [1.165, 1.54) is 24.9 Å². The van der Waals surface area contributed by atoms with E-state index >= 15 is 0 Å². The Morgan fingerprint density at radius 2 is 1.67 bits per heavy atom. The first kappa shape index (κ1) is 27.2. The Morgan fingerprint density at radius 1 is 1.03 bits per heavy atom. The number of aryl methyl sites for hydroxylation is 3. The van der Waals surface area contributed by atoms with Gasteiger partial charge in [-0.3, -0.25) is 4.79 Å². The van der Waals surface area contributed by atoms with E-state index in [1.807, 2.05) is 19.1 Å². The number of anilines is 1. The van der Waals surface area contributed by atoms with Crippen LogP contribution < -0.4 is 5.32 Å². The average Bonchev–Trinajstić information content (AvgIpc) is 2.83. The van der Waals surface area contributed by atoms with Crippen LogP contribution in [0, 0.1) is 26.6 Å². The van der Waals surface area contributed by atoms with Gasteiger partial charge in [0.15, 0.2) is 0 Å². The number of likely N-dealkylation sites (N-methyl/N-ethyl adjacent to an activating group) is 1. The molecule has 0 aliphatic heterocycles. The number of aliphatic carboxylic acids is 1. The predicted molar refractivity (Wildman–Crippen MR) is 143 cm³/mol. The first-order chi connectivity index (χ1) is 16.9. The molecule has 0 fully saturated rings. The molecule has 0 aliphatic carbocycles. The molecule has 3 aromatic rings. The first-order valence-corrected chi connectivity index (χ1v) is 12.3. The van der Waals surface area contributed by atoms with E-state index in [-0.39, 0.29) is 17.8 Å². The van der Waals surface area contributed by atoms with Crippen molar-refractivity contribution >= 4 is 29.2 Å². The molecule has 0 saturated heterocycles. The molecule has 2 unspecified atom stereocenters. The number of carboxylic acids is 1. The quantitative estimate of drug-likeness (QED) is 0.337. The fraction of sp³-hybridized carbons (Fsp3) is 0.310. The van der Waals surface area contributed by atoms with Crippen molar-refractivity contribution in [3.63, 3.8) is 0 Å². The Balaban J connectivity index is 1.95. The first-order valence-electron chi connectivity index (χ1n) is 11.9. The molecule has 3 rings (SSSR count). The van der Waals surface area contributed by atoms with Crippen molar-refractivity contribution in [3.8, 4) is 11.1 Å². The highest BCUT2D eigenvalue weighted by atomic mass is 35.5. The highest BCUT2D eigenvalue weighted by molar-refractivity contribution is 6.31. The fourth-order valence-electron chi connectivity index (χ4n) is 4.32. The summed E-state index contributed by atoms with van der Waals surface area (Å²) in [7, 11) is 1.47. The third-order valence-electron chi connectivity index (χ3n) is 6.62. The number of halogens is 2. The van der Waals surface area contributed by atoms with Crippen LogP contribution in [0.4, 0.5) is 10.1 Å². The van der Waals surface area contributed by atoms with Gasteiger partial charge in [0.05, 0.1) is 6.04 Å². The average molecular weight is 511 g/mol. The summed E-state index contributed by atoms with van der Waals surface area (Å²) < 4.78 is 15.0. The van der Waals surface area contributed by atoms with Gasteiger partial charge in [0.25, 0.3) is 5.91 Å². The van der Waals surface area contributed by atoms with Gasteiger partial charge in [0.1, 0.15) is 11.9 Å². The number of carbonyl (C=O) groups excluding carboxylic acids is 1. The van der Waals surface area contributed by atoms with E-state index in [4.69, 9.17) is 11.6 Å². The van der Waals surface area contributed by atoms with E-state index in [1.54, 1.807) is 38.1 Å². The maximum absolute atomic E-state index is 15.0. The number of carbonyl (C=O) groups is 2. The molecule has 0 bridgehead atoms. The normalized spacial score (nSPS) is 12.7. The zero-order valence-corrected chi connectivity index (χ0v) is 22.2. The van der Waals surface area contributed by atoms with Crippen molar-refractivity contribution in [3.05, 3.63) is 87.2 Å². The molecular weight excluding hydrogens is 479 g/mol. The van der Waals surface area contributed by atoms with Gasteiger partial charge in [0.2, 0.25) is 0 Å². The van der Waals surface area contributed by atoms with Gasteiger partial charge in [-0.2, -0.15) is 0 Å². The number of nitrogens with zero attached hydrogens (tertiary/aromatic N) is 1. The summed E-state index contributed by atoms with van der Waals surface area (Å²) in [5.41, 5.74) is 5.66. The Kier molecular flexibility index (Phi) is 8.41. The second-order valence-electron chi connectivity index (χ2n) is 9.22. The molecule has 2 N–H and O–H groups in total. The lowest BCUT2D eigenvalue weighted by Crippen LogP contribution is -2.40. The highest BCUT2D eigenvalue weighted by Crippen LogP contribution is 2.32. The number of rotatable bonds is 8. The van der Waals surface area contributed by atoms with Gasteiger partial charge in [0, 0.05) is 28.9 Å². The summed E-state index contributed by atoms with van der Waals surface area (Å²) in [5.74, 6) is -1.83. The molecule has 0 aliphatic rings. The van der Waals surface area contributed by atoms with Crippen LogP contribution in [-0.4, -0.2) is 35.0 Å². The summed E-state index contributed by atoms with van der Waals surface area (Å²) in [6.07, 6.45) is 0.824. The number of amides is 1. The van der Waals surface area contributed by atoms with Crippen molar-refractivity contribution in [2.24, 2.45) is 0 Å².